The van der Waals surface area contributed by atoms with Crippen molar-refractivity contribution >= 4 is 28.3 Å². The summed E-state index contributed by atoms with van der Waals surface area (Å²) in [4.78, 5) is 9.12. The van der Waals surface area contributed by atoms with Gasteiger partial charge in [0.05, 0.1) is 10.7 Å². The predicted octanol–water partition coefficient (Wildman–Crippen LogP) is 3.30. The van der Waals surface area contributed by atoms with Gasteiger partial charge in [-0.1, -0.05) is 42.1 Å². The molecule has 0 radical (unpaired) electrons. The SMILES string of the molecule is Cc1nc(CCN=C2NC(Cc3ccccc3)CS2)cs1. The molecular weight excluding hydrogens is 298 g/mol. The van der Waals surface area contributed by atoms with E-state index in [1.54, 1.807) is 11.3 Å². The van der Waals surface area contributed by atoms with Crippen LogP contribution in [0.5, 0.6) is 0 Å². The van der Waals surface area contributed by atoms with Crippen LogP contribution in [-0.4, -0.2) is 28.5 Å². The van der Waals surface area contributed by atoms with Gasteiger partial charge < -0.3 is 5.32 Å². The third-order valence-electron chi connectivity index (χ3n) is 3.36. The number of amidine groups is 1. The van der Waals surface area contributed by atoms with Gasteiger partial charge in [-0.25, -0.2) is 4.98 Å². The van der Waals surface area contributed by atoms with E-state index in [9.17, 15) is 0 Å². The lowest BCUT2D eigenvalue weighted by Gasteiger charge is -2.09. The lowest BCUT2D eigenvalue weighted by molar-refractivity contribution is 0.686. The van der Waals surface area contributed by atoms with Crippen molar-refractivity contribution in [2.75, 3.05) is 12.3 Å². The maximum atomic E-state index is 4.65. The van der Waals surface area contributed by atoms with Crippen LogP contribution in [0, 0.1) is 6.92 Å². The highest BCUT2D eigenvalue weighted by atomic mass is 32.2. The van der Waals surface area contributed by atoms with Gasteiger partial charge in [-0.2, -0.15) is 0 Å². The summed E-state index contributed by atoms with van der Waals surface area (Å²) in [5.41, 5.74) is 2.54. The van der Waals surface area contributed by atoms with E-state index in [-0.39, 0.29) is 0 Å². The molecule has 1 aliphatic heterocycles. The Morgan fingerprint density at radius 3 is 2.95 bits per heavy atom. The molecule has 0 bridgehead atoms. The highest BCUT2D eigenvalue weighted by Crippen LogP contribution is 2.17. The fraction of sp³-hybridized carbons (Fsp3) is 0.375. The molecule has 3 rings (SSSR count). The van der Waals surface area contributed by atoms with E-state index in [0.29, 0.717) is 6.04 Å². The van der Waals surface area contributed by atoms with E-state index >= 15 is 0 Å². The molecule has 1 saturated heterocycles. The Hall–Kier alpha value is -1.33. The fourth-order valence-electron chi connectivity index (χ4n) is 2.33. The Kier molecular flexibility index (Phi) is 4.93. The number of thioether (sulfide) groups is 1. The minimum atomic E-state index is 0.498. The van der Waals surface area contributed by atoms with Crippen LogP contribution in [0.15, 0.2) is 40.7 Å². The minimum absolute atomic E-state index is 0.498. The number of aromatic nitrogens is 1. The largest absolute Gasteiger partial charge is 0.361 e. The Bertz CT molecular complexity index is 607. The van der Waals surface area contributed by atoms with Crippen molar-refractivity contribution < 1.29 is 0 Å². The average Bonchev–Trinajstić information content (AvgIpc) is 3.10. The van der Waals surface area contributed by atoms with E-state index in [2.05, 4.69) is 51.0 Å². The summed E-state index contributed by atoms with van der Waals surface area (Å²) < 4.78 is 0. The number of thiazole rings is 1. The molecule has 2 aromatic rings. The molecule has 1 aliphatic rings. The summed E-state index contributed by atoms with van der Waals surface area (Å²) in [7, 11) is 0. The monoisotopic (exact) mass is 317 g/mol. The zero-order valence-electron chi connectivity index (χ0n) is 12.1. The average molecular weight is 317 g/mol. The fourth-order valence-corrected chi connectivity index (χ4v) is 3.97. The lowest BCUT2D eigenvalue weighted by atomic mass is 10.1. The molecule has 21 heavy (non-hydrogen) atoms. The highest BCUT2D eigenvalue weighted by Gasteiger charge is 2.20. The van der Waals surface area contributed by atoms with Gasteiger partial charge in [-0.05, 0) is 18.9 Å². The first kappa shape index (κ1) is 14.6. The molecule has 0 amide bonds. The normalized spacial score (nSPS) is 19.9. The molecular formula is C16H19N3S2. The molecule has 5 heteroatoms. The maximum absolute atomic E-state index is 4.65. The van der Waals surface area contributed by atoms with Crippen molar-refractivity contribution in [3.05, 3.63) is 52.0 Å². The molecule has 1 aromatic heterocycles. The summed E-state index contributed by atoms with van der Waals surface area (Å²) in [6.45, 7) is 2.86. The van der Waals surface area contributed by atoms with Crippen LogP contribution in [0.4, 0.5) is 0 Å². The van der Waals surface area contributed by atoms with Crippen molar-refractivity contribution in [2.24, 2.45) is 4.99 Å². The third kappa shape index (κ3) is 4.32. The molecule has 0 saturated carbocycles. The van der Waals surface area contributed by atoms with E-state index in [0.717, 1.165) is 41.0 Å². The van der Waals surface area contributed by atoms with E-state index in [1.165, 1.54) is 5.56 Å². The van der Waals surface area contributed by atoms with Crippen LogP contribution in [-0.2, 0) is 12.8 Å². The zero-order chi connectivity index (χ0) is 14.5. The Morgan fingerprint density at radius 1 is 1.33 bits per heavy atom. The summed E-state index contributed by atoms with van der Waals surface area (Å²) in [5, 5.41) is 7.87. The second kappa shape index (κ2) is 7.09. The van der Waals surface area contributed by atoms with Gasteiger partial charge in [0.1, 0.15) is 0 Å². The molecule has 0 aliphatic carbocycles. The van der Waals surface area contributed by atoms with Gasteiger partial charge in [-0.15, -0.1) is 11.3 Å². The predicted molar refractivity (Wildman–Crippen MR) is 92.4 cm³/mol. The lowest BCUT2D eigenvalue weighted by Crippen LogP contribution is -2.29. The van der Waals surface area contributed by atoms with Crippen LogP contribution in [0.1, 0.15) is 16.3 Å². The second-order valence-electron chi connectivity index (χ2n) is 5.14. The van der Waals surface area contributed by atoms with Crippen LogP contribution in [0.3, 0.4) is 0 Å². The van der Waals surface area contributed by atoms with Crippen molar-refractivity contribution in [3.8, 4) is 0 Å². The Balaban J connectivity index is 1.46. The smallest absolute Gasteiger partial charge is 0.156 e. The standard InChI is InChI=1S/C16H19N3S2/c1-12-18-14(10-20-12)7-8-17-16-19-15(11-21-16)9-13-5-3-2-4-6-13/h2-6,10,15H,7-9,11H2,1H3,(H,17,19). The van der Waals surface area contributed by atoms with Gasteiger partial charge in [0, 0.05) is 30.1 Å². The third-order valence-corrected chi connectivity index (χ3v) is 5.28. The van der Waals surface area contributed by atoms with Crippen molar-refractivity contribution in [1.82, 2.24) is 10.3 Å². The molecule has 2 heterocycles. The van der Waals surface area contributed by atoms with Gasteiger partial charge in [0.2, 0.25) is 0 Å². The molecule has 1 atom stereocenters. The Labute approximate surface area is 133 Å². The molecule has 1 unspecified atom stereocenters. The molecule has 1 aromatic carbocycles. The van der Waals surface area contributed by atoms with Gasteiger partial charge in [0.15, 0.2) is 5.17 Å². The van der Waals surface area contributed by atoms with Gasteiger partial charge in [-0.3, -0.25) is 4.99 Å². The number of nitrogens with zero attached hydrogens (tertiary/aromatic N) is 2. The number of hydrogen-bond acceptors (Lipinski definition) is 4. The van der Waals surface area contributed by atoms with Gasteiger partial charge in [0.25, 0.3) is 0 Å². The number of hydrogen-bond donors (Lipinski definition) is 1. The number of nitrogens with one attached hydrogen (secondary N) is 1. The van der Waals surface area contributed by atoms with Crippen LogP contribution in [0.25, 0.3) is 0 Å². The molecule has 1 N–H and O–H groups in total. The van der Waals surface area contributed by atoms with Crippen molar-refractivity contribution in [3.63, 3.8) is 0 Å². The van der Waals surface area contributed by atoms with Gasteiger partial charge >= 0.3 is 0 Å². The second-order valence-corrected chi connectivity index (χ2v) is 7.21. The first-order valence-electron chi connectivity index (χ1n) is 7.18. The quantitative estimate of drug-likeness (QED) is 0.919. The summed E-state index contributed by atoms with van der Waals surface area (Å²) in [6, 6.07) is 11.1. The maximum Gasteiger partial charge on any atom is 0.156 e. The first-order valence-corrected chi connectivity index (χ1v) is 9.05. The van der Waals surface area contributed by atoms with Crippen molar-refractivity contribution in [1.29, 1.82) is 0 Å². The van der Waals surface area contributed by atoms with Crippen LogP contribution in [0.2, 0.25) is 0 Å². The molecule has 3 nitrogen and oxygen atoms in total. The summed E-state index contributed by atoms with van der Waals surface area (Å²) >= 11 is 3.54. The Morgan fingerprint density at radius 2 is 2.19 bits per heavy atom. The zero-order valence-corrected chi connectivity index (χ0v) is 13.7. The van der Waals surface area contributed by atoms with E-state index < -0.39 is 0 Å². The highest BCUT2D eigenvalue weighted by molar-refractivity contribution is 8.14. The summed E-state index contributed by atoms with van der Waals surface area (Å²) in [6.07, 6.45) is 2.00. The van der Waals surface area contributed by atoms with Crippen LogP contribution >= 0.6 is 23.1 Å². The van der Waals surface area contributed by atoms with Crippen LogP contribution < -0.4 is 5.32 Å². The van der Waals surface area contributed by atoms with Crippen molar-refractivity contribution in [2.45, 2.75) is 25.8 Å². The minimum Gasteiger partial charge on any atom is -0.361 e. The first-order chi connectivity index (χ1) is 10.3. The topological polar surface area (TPSA) is 37.3 Å². The summed E-state index contributed by atoms with van der Waals surface area (Å²) in [5.74, 6) is 1.10. The number of rotatable bonds is 5. The number of aryl methyl sites for hydroxylation is 1. The van der Waals surface area contributed by atoms with E-state index in [4.69, 9.17) is 0 Å². The molecule has 110 valence electrons. The molecule has 1 fully saturated rings. The molecule has 0 spiro atoms. The van der Waals surface area contributed by atoms with E-state index in [1.807, 2.05) is 18.7 Å². The number of aliphatic imine (C=N–C) groups is 1. The number of benzene rings is 1.